The Balaban J connectivity index is 1.72. The van der Waals surface area contributed by atoms with Gasteiger partial charge < -0.3 is 9.30 Å². The van der Waals surface area contributed by atoms with Crippen LogP contribution in [0, 0.1) is 26.7 Å². The molecule has 0 amide bonds. The Labute approximate surface area is 294 Å². The molecule has 5 aromatic rings. The number of benzene rings is 4. The summed E-state index contributed by atoms with van der Waals surface area (Å²) in [5.74, 6) is -2.85. The highest BCUT2D eigenvalue weighted by Crippen LogP contribution is 2.39. The van der Waals surface area contributed by atoms with E-state index in [1.807, 2.05) is 32.9 Å². The summed E-state index contributed by atoms with van der Waals surface area (Å²) in [5, 5.41) is 4.00. The molecule has 0 saturated heterocycles. The summed E-state index contributed by atoms with van der Waals surface area (Å²) in [7, 11) is 0. The highest BCUT2D eigenvalue weighted by molar-refractivity contribution is 6.26. The minimum Gasteiger partial charge on any atom is -0.488 e. The monoisotopic (exact) mass is 679 g/mol. The smallest absolute Gasteiger partial charge is 0.309 e. The van der Waals surface area contributed by atoms with Crippen LogP contribution in [0.3, 0.4) is 0 Å². The summed E-state index contributed by atoms with van der Waals surface area (Å²) in [5.41, 5.74) is 7.60. The van der Waals surface area contributed by atoms with Crippen molar-refractivity contribution in [2.45, 2.75) is 79.2 Å². The Hall–Kier alpha value is -4.58. The first-order valence-electron chi connectivity index (χ1n) is 17.7. The fraction of sp³-hybridized carbons (Fsp3) is 0.341. The van der Waals surface area contributed by atoms with E-state index in [2.05, 4.69) is 73.5 Å². The third-order valence-corrected chi connectivity index (χ3v) is 9.64. The average molecular weight is 680 g/mol. The summed E-state index contributed by atoms with van der Waals surface area (Å²) in [4.78, 5) is 14.5. The molecule has 0 aliphatic carbocycles. The number of fused-ring (bicyclic) bond motifs is 5. The molecular weight excluding hydrogens is 631 g/mol. The van der Waals surface area contributed by atoms with Crippen molar-refractivity contribution in [2.24, 2.45) is 5.92 Å². The summed E-state index contributed by atoms with van der Waals surface area (Å²) in [6.07, 6.45) is 11.3. The Morgan fingerprint density at radius 1 is 0.960 bits per heavy atom. The van der Waals surface area contributed by atoms with Gasteiger partial charge >= 0.3 is 5.92 Å². The predicted molar refractivity (Wildman–Crippen MR) is 202 cm³/mol. The van der Waals surface area contributed by atoms with Crippen LogP contribution in [-0.4, -0.2) is 29.6 Å². The number of ketones is 1. The molecule has 0 saturated carbocycles. The van der Waals surface area contributed by atoms with Crippen molar-refractivity contribution in [1.29, 1.82) is 0 Å². The van der Waals surface area contributed by atoms with Crippen LogP contribution in [0.1, 0.15) is 77.7 Å². The van der Waals surface area contributed by atoms with Crippen molar-refractivity contribution in [3.63, 3.8) is 0 Å². The minimum atomic E-state index is -3.57. The molecule has 0 N–H and O–H groups in total. The minimum absolute atomic E-state index is 0.00773. The van der Waals surface area contributed by atoms with Gasteiger partial charge in [-0.1, -0.05) is 99.9 Å². The molecule has 5 rings (SSSR count). The molecule has 0 radical (unpaired) electrons. The maximum Gasteiger partial charge on any atom is 0.309 e. The van der Waals surface area contributed by atoms with Crippen LogP contribution in [0.5, 0.6) is 0 Å². The number of alkyl halides is 3. The molecule has 262 valence electrons. The number of nitrogens with zero attached hydrogens (tertiary/aromatic N) is 1. The Bertz CT molecular complexity index is 2060. The maximum absolute atomic E-state index is 14.5. The molecular formula is C44H48F3NO2. The van der Waals surface area contributed by atoms with Crippen molar-refractivity contribution in [1.82, 2.24) is 4.57 Å². The summed E-state index contributed by atoms with van der Waals surface area (Å²) < 4.78 is 47.9. The van der Waals surface area contributed by atoms with E-state index in [0.717, 1.165) is 86.2 Å². The zero-order valence-electron chi connectivity index (χ0n) is 29.9. The van der Waals surface area contributed by atoms with Crippen LogP contribution in [0.4, 0.5) is 13.2 Å². The fourth-order valence-corrected chi connectivity index (χ4v) is 7.15. The van der Waals surface area contributed by atoms with Gasteiger partial charge in [0.1, 0.15) is 5.76 Å². The highest BCUT2D eigenvalue weighted by atomic mass is 19.3. The molecule has 0 aliphatic heterocycles. The first-order chi connectivity index (χ1) is 24.0. The Morgan fingerprint density at radius 3 is 2.34 bits per heavy atom. The van der Waals surface area contributed by atoms with Crippen molar-refractivity contribution in [3.8, 4) is 0 Å². The van der Waals surface area contributed by atoms with Gasteiger partial charge in [0, 0.05) is 39.3 Å². The van der Waals surface area contributed by atoms with Gasteiger partial charge in [-0.3, -0.25) is 4.79 Å². The molecule has 6 heteroatoms. The van der Waals surface area contributed by atoms with Crippen molar-refractivity contribution >= 4 is 38.4 Å². The van der Waals surface area contributed by atoms with Crippen LogP contribution in [0.15, 0.2) is 97.3 Å². The number of hydrogen-bond acceptors (Lipinski definition) is 2. The standard InChI is InChI=1S/C44H48F3NO2/c1-7-10-14-32(9-3)26-48-40-21-19-33(18-20-34(15-11-8-2)50-28-44(46,47)27-45)24-37(40)38-25-39(35-16-12-13-17-36(35)42(38)48)43(49)41-30(5)22-29(4)23-31(41)6/h8,11-13,15-17,19-25,32H,2,7,9-10,14,18,26-28H2,1,3-6H3/b15-11-,34-20-. The molecule has 1 unspecified atom stereocenters. The van der Waals surface area contributed by atoms with Crippen LogP contribution >= 0.6 is 0 Å². The zero-order valence-corrected chi connectivity index (χ0v) is 29.9. The van der Waals surface area contributed by atoms with Gasteiger partial charge in [-0.05, 0) is 92.0 Å². The van der Waals surface area contributed by atoms with E-state index in [4.69, 9.17) is 4.74 Å². The molecule has 50 heavy (non-hydrogen) atoms. The first kappa shape index (κ1) is 36.7. The van der Waals surface area contributed by atoms with Crippen molar-refractivity contribution in [3.05, 3.63) is 131 Å². The maximum atomic E-state index is 14.5. The third kappa shape index (κ3) is 7.90. The van der Waals surface area contributed by atoms with Gasteiger partial charge in [0.25, 0.3) is 0 Å². The number of carbonyl (C=O) groups excluding carboxylic acids is 1. The molecule has 0 spiro atoms. The number of allylic oxidation sites excluding steroid dienone is 4. The quantitative estimate of drug-likeness (QED) is 0.0590. The van der Waals surface area contributed by atoms with Gasteiger partial charge in [-0.15, -0.1) is 0 Å². The molecule has 1 aromatic heterocycles. The number of hydrogen-bond donors (Lipinski definition) is 0. The van der Waals surface area contributed by atoms with E-state index in [9.17, 15) is 18.0 Å². The number of rotatable bonds is 16. The predicted octanol–water partition coefficient (Wildman–Crippen LogP) is 12.1. The first-order valence-corrected chi connectivity index (χ1v) is 17.7. The molecule has 1 heterocycles. The highest BCUT2D eigenvalue weighted by Gasteiger charge is 2.30. The third-order valence-electron chi connectivity index (χ3n) is 9.64. The number of halogens is 3. The van der Waals surface area contributed by atoms with E-state index in [0.29, 0.717) is 17.9 Å². The lowest BCUT2D eigenvalue weighted by Crippen LogP contribution is -2.25. The second-order valence-electron chi connectivity index (χ2n) is 13.5. The van der Waals surface area contributed by atoms with E-state index in [1.165, 1.54) is 12.5 Å². The van der Waals surface area contributed by atoms with E-state index in [-0.39, 0.29) is 11.5 Å². The lowest BCUT2D eigenvalue weighted by molar-refractivity contribution is -0.0737. The fourth-order valence-electron chi connectivity index (χ4n) is 7.15. The topological polar surface area (TPSA) is 31.2 Å². The van der Waals surface area contributed by atoms with Crippen LogP contribution < -0.4 is 0 Å². The lowest BCUT2D eigenvalue weighted by Gasteiger charge is -2.19. The van der Waals surface area contributed by atoms with Gasteiger partial charge in [-0.25, -0.2) is 4.39 Å². The second-order valence-corrected chi connectivity index (χ2v) is 13.5. The number of aromatic nitrogens is 1. The lowest BCUT2D eigenvalue weighted by atomic mass is 9.89. The number of ether oxygens (including phenoxy) is 1. The number of carbonyl (C=O) groups is 1. The second kappa shape index (κ2) is 16.0. The molecule has 4 aromatic carbocycles. The Kier molecular flexibility index (Phi) is 11.7. The molecule has 1 atom stereocenters. The zero-order chi connectivity index (χ0) is 36.0. The summed E-state index contributed by atoms with van der Waals surface area (Å²) in [6, 6.07) is 20.7. The normalized spacial score (nSPS) is 13.2. The van der Waals surface area contributed by atoms with Crippen LogP contribution in [-0.2, 0) is 17.7 Å². The van der Waals surface area contributed by atoms with Crippen LogP contribution in [0.25, 0.3) is 32.6 Å². The summed E-state index contributed by atoms with van der Waals surface area (Å²) in [6.45, 7) is 12.2. The van der Waals surface area contributed by atoms with Gasteiger partial charge in [0.2, 0.25) is 0 Å². The van der Waals surface area contributed by atoms with Crippen molar-refractivity contribution in [2.75, 3.05) is 13.3 Å². The van der Waals surface area contributed by atoms with Crippen molar-refractivity contribution < 1.29 is 22.7 Å². The van der Waals surface area contributed by atoms with Gasteiger partial charge in [0.15, 0.2) is 19.1 Å². The molecule has 0 fully saturated rings. The average Bonchev–Trinajstić information content (AvgIpc) is 3.41. The Morgan fingerprint density at radius 2 is 1.68 bits per heavy atom. The van der Waals surface area contributed by atoms with Gasteiger partial charge in [-0.2, -0.15) is 8.78 Å². The SMILES string of the molecule is C=C/C=C\C(=C\Cc1ccc2c(c1)c1cc(C(=O)c3c(C)cc(C)cc3C)c3ccccc3c1n2CC(CC)CCCC)OCC(F)(F)CF. The largest absolute Gasteiger partial charge is 0.488 e. The summed E-state index contributed by atoms with van der Waals surface area (Å²) >= 11 is 0. The molecule has 3 nitrogen and oxygen atoms in total. The molecule has 0 bridgehead atoms. The molecule has 0 aliphatic rings. The van der Waals surface area contributed by atoms with Gasteiger partial charge in [0.05, 0.1) is 5.52 Å². The number of aryl methyl sites for hydroxylation is 3. The van der Waals surface area contributed by atoms with E-state index in [1.54, 1.807) is 18.2 Å². The van der Waals surface area contributed by atoms with Crippen LogP contribution in [0.2, 0.25) is 0 Å². The number of unbranched alkanes of at least 4 members (excludes halogenated alkanes) is 1. The van der Waals surface area contributed by atoms with E-state index < -0.39 is 19.2 Å². The van der Waals surface area contributed by atoms with E-state index >= 15 is 0 Å².